The zero-order chi connectivity index (χ0) is 27.3. The lowest BCUT2D eigenvalue weighted by atomic mass is 10.1. The van der Waals surface area contributed by atoms with Gasteiger partial charge >= 0.3 is 5.97 Å². The fraction of sp³-hybridized carbons (Fsp3) is 0.333. The maximum Gasteiger partial charge on any atom is 0.375 e. The van der Waals surface area contributed by atoms with Crippen LogP contribution in [0.1, 0.15) is 43.1 Å². The van der Waals surface area contributed by atoms with Gasteiger partial charge in [-0.1, -0.05) is 42.5 Å². The van der Waals surface area contributed by atoms with Crippen LogP contribution < -0.4 is 4.90 Å². The lowest BCUT2D eigenvalue weighted by Crippen LogP contribution is -2.40. The SMILES string of the molecule is CC(C)(C)OC(=O)C(=O)CC(=O)N(Cc1ccc2ccccc2c1)c1cccc(C(=O)N2CCOCC2)c1. The van der Waals surface area contributed by atoms with Gasteiger partial charge in [0.15, 0.2) is 0 Å². The maximum atomic E-state index is 13.5. The molecule has 1 fully saturated rings. The predicted octanol–water partition coefficient (Wildman–Crippen LogP) is 4.15. The molecule has 3 aromatic carbocycles. The van der Waals surface area contributed by atoms with Crippen LogP contribution in [0.15, 0.2) is 66.7 Å². The molecule has 8 heteroatoms. The quantitative estimate of drug-likeness (QED) is 0.266. The van der Waals surface area contributed by atoms with E-state index in [-0.39, 0.29) is 12.5 Å². The van der Waals surface area contributed by atoms with E-state index >= 15 is 0 Å². The van der Waals surface area contributed by atoms with Crippen LogP contribution >= 0.6 is 0 Å². The largest absolute Gasteiger partial charge is 0.454 e. The molecule has 3 aromatic rings. The number of ketones is 1. The number of hydrogen-bond acceptors (Lipinski definition) is 6. The Hall–Kier alpha value is -4.04. The number of rotatable bonds is 7. The summed E-state index contributed by atoms with van der Waals surface area (Å²) in [7, 11) is 0. The number of Topliss-reactive ketones (excluding diaryl/α,β-unsaturated/α-hetero) is 1. The van der Waals surface area contributed by atoms with Crippen LogP contribution in [0.25, 0.3) is 10.8 Å². The summed E-state index contributed by atoms with van der Waals surface area (Å²) >= 11 is 0. The third-order valence-electron chi connectivity index (χ3n) is 6.10. The van der Waals surface area contributed by atoms with Gasteiger partial charge in [-0.2, -0.15) is 0 Å². The highest BCUT2D eigenvalue weighted by atomic mass is 16.6. The Morgan fingerprint density at radius 2 is 1.61 bits per heavy atom. The molecule has 0 bridgehead atoms. The van der Waals surface area contributed by atoms with Crippen molar-refractivity contribution in [1.82, 2.24) is 4.90 Å². The Bertz CT molecular complexity index is 1350. The van der Waals surface area contributed by atoms with E-state index in [2.05, 4.69) is 0 Å². The van der Waals surface area contributed by atoms with E-state index in [1.807, 2.05) is 42.5 Å². The highest BCUT2D eigenvalue weighted by molar-refractivity contribution is 6.37. The summed E-state index contributed by atoms with van der Waals surface area (Å²) in [5.41, 5.74) is 0.875. The summed E-state index contributed by atoms with van der Waals surface area (Å²) < 4.78 is 10.5. The first-order valence-corrected chi connectivity index (χ1v) is 12.6. The minimum Gasteiger partial charge on any atom is -0.454 e. The summed E-state index contributed by atoms with van der Waals surface area (Å²) in [5.74, 6) is -2.69. The van der Waals surface area contributed by atoms with Crippen LogP contribution in [0.2, 0.25) is 0 Å². The maximum absolute atomic E-state index is 13.5. The number of nitrogens with zero attached hydrogens (tertiary/aromatic N) is 2. The van der Waals surface area contributed by atoms with Crippen LogP contribution in [-0.4, -0.2) is 60.4 Å². The second-order valence-corrected chi connectivity index (χ2v) is 10.2. The van der Waals surface area contributed by atoms with Gasteiger partial charge in [0.1, 0.15) is 5.60 Å². The molecule has 1 heterocycles. The molecule has 198 valence electrons. The fourth-order valence-corrected chi connectivity index (χ4v) is 4.24. The second kappa shape index (κ2) is 11.6. The first-order valence-electron chi connectivity index (χ1n) is 12.6. The molecule has 1 aliphatic rings. The van der Waals surface area contributed by atoms with Gasteiger partial charge < -0.3 is 19.3 Å². The molecule has 0 atom stereocenters. The van der Waals surface area contributed by atoms with E-state index in [0.29, 0.717) is 37.6 Å². The van der Waals surface area contributed by atoms with Crippen molar-refractivity contribution < 1.29 is 28.7 Å². The van der Waals surface area contributed by atoms with Crippen molar-refractivity contribution in [3.8, 4) is 0 Å². The number of fused-ring (bicyclic) bond motifs is 1. The van der Waals surface area contributed by atoms with Gasteiger partial charge in [-0.25, -0.2) is 4.79 Å². The number of esters is 1. The second-order valence-electron chi connectivity index (χ2n) is 10.2. The Morgan fingerprint density at radius 1 is 0.895 bits per heavy atom. The number of benzene rings is 3. The van der Waals surface area contributed by atoms with Crippen LogP contribution in [0.4, 0.5) is 5.69 Å². The van der Waals surface area contributed by atoms with Gasteiger partial charge in [0.25, 0.3) is 5.91 Å². The molecule has 2 amide bonds. The standard InChI is InChI=1S/C30H32N2O6/c1-30(2,3)38-29(36)26(33)19-27(34)32(20-21-11-12-22-7-4-5-8-23(22)17-21)25-10-6-9-24(18-25)28(35)31-13-15-37-16-14-31/h4-12,17-18H,13-16,19-20H2,1-3H3. The minimum atomic E-state index is -1.05. The summed E-state index contributed by atoms with van der Waals surface area (Å²) in [6, 6.07) is 20.5. The van der Waals surface area contributed by atoms with E-state index in [1.54, 1.807) is 49.9 Å². The molecule has 0 spiro atoms. The Morgan fingerprint density at radius 3 is 2.32 bits per heavy atom. The molecule has 0 N–H and O–H groups in total. The highest BCUT2D eigenvalue weighted by Gasteiger charge is 2.28. The molecular formula is C30H32N2O6. The predicted molar refractivity (Wildman–Crippen MR) is 144 cm³/mol. The average Bonchev–Trinajstić information content (AvgIpc) is 2.90. The molecule has 0 aromatic heterocycles. The number of ether oxygens (including phenoxy) is 2. The third-order valence-corrected chi connectivity index (χ3v) is 6.10. The lowest BCUT2D eigenvalue weighted by Gasteiger charge is -2.28. The number of morpholine rings is 1. The Balaban J connectivity index is 1.62. The molecule has 0 aliphatic carbocycles. The van der Waals surface area contributed by atoms with Crippen LogP contribution in [0.5, 0.6) is 0 Å². The first-order chi connectivity index (χ1) is 18.1. The van der Waals surface area contributed by atoms with Crippen molar-refractivity contribution in [1.29, 1.82) is 0 Å². The fourth-order valence-electron chi connectivity index (χ4n) is 4.24. The van der Waals surface area contributed by atoms with Crippen molar-refractivity contribution >= 4 is 40.0 Å². The molecule has 1 saturated heterocycles. The zero-order valence-electron chi connectivity index (χ0n) is 21.9. The van der Waals surface area contributed by atoms with Crippen LogP contribution in [0, 0.1) is 0 Å². The van der Waals surface area contributed by atoms with Gasteiger partial charge in [0, 0.05) is 24.3 Å². The van der Waals surface area contributed by atoms with Crippen molar-refractivity contribution in [2.24, 2.45) is 0 Å². The molecule has 38 heavy (non-hydrogen) atoms. The van der Waals surface area contributed by atoms with Gasteiger partial charge in [-0.05, 0) is 61.4 Å². The number of amides is 2. The third kappa shape index (κ3) is 6.83. The zero-order valence-corrected chi connectivity index (χ0v) is 21.9. The van der Waals surface area contributed by atoms with Crippen molar-refractivity contribution in [3.05, 3.63) is 77.9 Å². The Kier molecular flexibility index (Phi) is 8.22. The van der Waals surface area contributed by atoms with E-state index < -0.39 is 29.7 Å². The molecule has 0 unspecified atom stereocenters. The minimum absolute atomic E-state index is 0.153. The van der Waals surface area contributed by atoms with Gasteiger partial charge in [0.2, 0.25) is 11.7 Å². The summed E-state index contributed by atoms with van der Waals surface area (Å²) in [6.07, 6.45) is -0.649. The average molecular weight is 517 g/mol. The van der Waals surface area contributed by atoms with Gasteiger partial charge in [-0.15, -0.1) is 0 Å². The van der Waals surface area contributed by atoms with Crippen molar-refractivity contribution in [3.63, 3.8) is 0 Å². The number of hydrogen-bond donors (Lipinski definition) is 0. The first kappa shape index (κ1) is 27.0. The topological polar surface area (TPSA) is 93.2 Å². The summed E-state index contributed by atoms with van der Waals surface area (Å²) in [4.78, 5) is 54.6. The van der Waals surface area contributed by atoms with E-state index in [9.17, 15) is 19.2 Å². The number of carbonyl (C=O) groups is 4. The molecule has 0 radical (unpaired) electrons. The molecule has 1 aliphatic heterocycles. The smallest absolute Gasteiger partial charge is 0.375 e. The normalized spacial score (nSPS) is 13.7. The van der Waals surface area contributed by atoms with E-state index in [1.165, 1.54) is 4.90 Å². The number of carbonyl (C=O) groups excluding carboxylic acids is 4. The van der Waals surface area contributed by atoms with E-state index in [0.717, 1.165) is 16.3 Å². The van der Waals surface area contributed by atoms with Crippen LogP contribution in [0.3, 0.4) is 0 Å². The molecule has 8 nitrogen and oxygen atoms in total. The summed E-state index contributed by atoms with van der Waals surface area (Å²) in [5, 5.41) is 2.07. The Labute approximate surface area is 222 Å². The highest BCUT2D eigenvalue weighted by Crippen LogP contribution is 2.24. The molecule has 4 rings (SSSR count). The van der Waals surface area contributed by atoms with E-state index in [4.69, 9.17) is 9.47 Å². The molecule has 0 saturated carbocycles. The van der Waals surface area contributed by atoms with Crippen LogP contribution in [-0.2, 0) is 30.4 Å². The summed E-state index contributed by atoms with van der Waals surface area (Å²) in [6.45, 7) is 7.06. The van der Waals surface area contributed by atoms with Gasteiger partial charge in [0.05, 0.1) is 26.2 Å². The van der Waals surface area contributed by atoms with Crippen molar-refractivity contribution in [2.45, 2.75) is 39.3 Å². The molecular weight excluding hydrogens is 484 g/mol. The monoisotopic (exact) mass is 516 g/mol. The number of anilines is 1. The van der Waals surface area contributed by atoms with Crippen molar-refractivity contribution in [2.75, 3.05) is 31.2 Å². The van der Waals surface area contributed by atoms with Gasteiger partial charge in [-0.3, -0.25) is 14.4 Å². The lowest BCUT2D eigenvalue weighted by molar-refractivity contribution is -0.163.